The van der Waals surface area contributed by atoms with Crippen molar-refractivity contribution in [3.8, 4) is 5.75 Å². The SMILES string of the molecule is Cc1nc(COc2ccc(CN3CCNC(C)(C)C3)cc2)no1. The molecule has 1 aromatic heterocycles. The molecular weight excluding hydrogens is 292 g/mol. The summed E-state index contributed by atoms with van der Waals surface area (Å²) in [6.07, 6.45) is 0. The molecule has 23 heavy (non-hydrogen) atoms. The van der Waals surface area contributed by atoms with Gasteiger partial charge >= 0.3 is 0 Å². The van der Waals surface area contributed by atoms with E-state index in [1.54, 1.807) is 6.92 Å². The molecule has 6 nitrogen and oxygen atoms in total. The quantitative estimate of drug-likeness (QED) is 0.912. The molecule has 0 bridgehead atoms. The Hall–Kier alpha value is -1.92. The minimum Gasteiger partial charge on any atom is -0.485 e. The first-order valence-corrected chi connectivity index (χ1v) is 7.98. The number of nitrogens with one attached hydrogen (secondary N) is 1. The number of aromatic nitrogens is 2. The second-order valence-corrected chi connectivity index (χ2v) is 6.68. The van der Waals surface area contributed by atoms with Crippen LogP contribution in [0, 0.1) is 6.92 Å². The molecule has 0 spiro atoms. The number of nitrogens with zero attached hydrogens (tertiary/aromatic N) is 3. The van der Waals surface area contributed by atoms with E-state index in [1.165, 1.54) is 5.56 Å². The van der Waals surface area contributed by atoms with Gasteiger partial charge in [-0.1, -0.05) is 17.3 Å². The highest BCUT2D eigenvalue weighted by atomic mass is 16.5. The molecule has 124 valence electrons. The van der Waals surface area contributed by atoms with E-state index in [1.807, 2.05) is 12.1 Å². The van der Waals surface area contributed by atoms with Crippen molar-refractivity contribution >= 4 is 0 Å². The minimum absolute atomic E-state index is 0.185. The van der Waals surface area contributed by atoms with Crippen LogP contribution >= 0.6 is 0 Å². The fraction of sp³-hybridized carbons (Fsp3) is 0.529. The number of aryl methyl sites for hydroxylation is 1. The summed E-state index contributed by atoms with van der Waals surface area (Å²) in [4.78, 5) is 6.60. The van der Waals surface area contributed by atoms with Crippen molar-refractivity contribution in [2.75, 3.05) is 19.6 Å². The average Bonchev–Trinajstić information content (AvgIpc) is 2.91. The fourth-order valence-corrected chi connectivity index (χ4v) is 2.88. The normalized spacial score (nSPS) is 18.0. The summed E-state index contributed by atoms with van der Waals surface area (Å²) in [5, 5.41) is 7.35. The van der Waals surface area contributed by atoms with Crippen LogP contribution < -0.4 is 10.1 Å². The van der Waals surface area contributed by atoms with Gasteiger partial charge in [0.25, 0.3) is 0 Å². The summed E-state index contributed by atoms with van der Waals surface area (Å²) >= 11 is 0. The zero-order valence-corrected chi connectivity index (χ0v) is 14.0. The third-order valence-electron chi connectivity index (χ3n) is 3.92. The number of rotatable bonds is 5. The van der Waals surface area contributed by atoms with Crippen molar-refractivity contribution < 1.29 is 9.26 Å². The van der Waals surface area contributed by atoms with Gasteiger partial charge < -0.3 is 14.6 Å². The Bertz CT molecular complexity index is 636. The van der Waals surface area contributed by atoms with E-state index in [0.717, 1.165) is 31.9 Å². The number of benzene rings is 1. The molecular formula is C17H24N4O2. The maximum absolute atomic E-state index is 5.67. The molecule has 2 heterocycles. The van der Waals surface area contributed by atoms with E-state index >= 15 is 0 Å². The van der Waals surface area contributed by atoms with Gasteiger partial charge in [-0.05, 0) is 31.5 Å². The fourth-order valence-electron chi connectivity index (χ4n) is 2.88. The van der Waals surface area contributed by atoms with Crippen LogP contribution in [0.2, 0.25) is 0 Å². The first-order chi connectivity index (χ1) is 11.0. The molecule has 0 radical (unpaired) electrons. The second-order valence-electron chi connectivity index (χ2n) is 6.68. The van der Waals surface area contributed by atoms with Crippen molar-refractivity contribution in [2.45, 2.75) is 39.5 Å². The predicted octanol–water partition coefficient (Wildman–Crippen LogP) is 2.14. The zero-order chi connectivity index (χ0) is 16.3. The van der Waals surface area contributed by atoms with Crippen LogP contribution in [-0.2, 0) is 13.2 Å². The Morgan fingerprint density at radius 3 is 2.74 bits per heavy atom. The Kier molecular flexibility index (Phi) is 4.63. The highest BCUT2D eigenvalue weighted by Gasteiger charge is 2.25. The van der Waals surface area contributed by atoms with Crippen molar-refractivity contribution in [1.82, 2.24) is 20.4 Å². The molecule has 0 unspecified atom stereocenters. The number of hydrogen-bond acceptors (Lipinski definition) is 6. The van der Waals surface area contributed by atoms with Gasteiger partial charge in [0.05, 0.1) is 0 Å². The molecule has 0 saturated carbocycles. The Morgan fingerprint density at radius 2 is 2.09 bits per heavy atom. The van der Waals surface area contributed by atoms with E-state index < -0.39 is 0 Å². The van der Waals surface area contributed by atoms with E-state index in [9.17, 15) is 0 Å². The van der Waals surface area contributed by atoms with Crippen molar-refractivity contribution in [1.29, 1.82) is 0 Å². The van der Waals surface area contributed by atoms with Gasteiger partial charge in [-0.15, -0.1) is 0 Å². The molecule has 0 amide bonds. The third kappa shape index (κ3) is 4.53. The lowest BCUT2D eigenvalue weighted by atomic mass is 10.0. The Balaban J connectivity index is 1.52. The summed E-state index contributed by atoms with van der Waals surface area (Å²) in [7, 11) is 0. The van der Waals surface area contributed by atoms with Gasteiger partial charge in [-0.3, -0.25) is 4.90 Å². The van der Waals surface area contributed by atoms with E-state index in [4.69, 9.17) is 9.26 Å². The Morgan fingerprint density at radius 1 is 1.30 bits per heavy atom. The predicted molar refractivity (Wildman–Crippen MR) is 87.2 cm³/mol. The van der Waals surface area contributed by atoms with E-state index in [2.05, 4.69) is 46.3 Å². The van der Waals surface area contributed by atoms with Gasteiger partial charge in [-0.25, -0.2) is 0 Å². The van der Waals surface area contributed by atoms with Gasteiger partial charge in [0.15, 0.2) is 6.61 Å². The maximum Gasteiger partial charge on any atom is 0.223 e. The summed E-state index contributed by atoms with van der Waals surface area (Å²) in [5.74, 6) is 1.93. The van der Waals surface area contributed by atoms with Crippen molar-refractivity contribution in [2.24, 2.45) is 0 Å². The van der Waals surface area contributed by atoms with Crippen LogP contribution in [0.5, 0.6) is 5.75 Å². The molecule has 1 saturated heterocycles. The van der Waals surface area contributed by atoms with Crippen LogP contribution in [0.15, 0.2) is 28.8 Å². The van der Waals surface area contributed by atoms with Gasteiger partial charge in [0, 0.05) is 38.6 Å². The lowest BCUT2D eigenvalue weighted by Gasteiger charge is -2.39. The Labute approximate surface area is 136 Å². The first-order valence-electron chi connectivity index (χ1n) is 7.98. The van der Waals surface area contributed by atoms with E-state index in [0.29, 0.717) is 18.3 Å². The highest BCUT2D eigenvalue weighted by molar-refractivity contribution is 5.27. The first kappa shape index (κ1) is 16.0. The number of hydrogen-bond donors (Lipinski definition) is 1. The van der Waals surface area contributed by atoms with Crippen molar-refractivity contribution in [3.05, 3.63) is 41.5 Å². The maximum atomic E-state index is 5.67. The van der Waals surface area contributed by atoms with E-state index in [-0.39, 0.29) is 5.54 Å². The summed E-state index contributed by atoms with van der Waals surface area (Å²) in [5.41, 5.74) is 1.48. The van der Waals surface area contributed by atoms with Gasteiger partial charge in [-0.2, -0.15) is 4.98 Å². The second kappa shape index (κ2) is 6.68. The molecule has 0 atom stereocenters. The summed E-state index contributed by atoms with van der Waals surface area (Å²) in [6, 6.07) is 8.23. The lowest BCUT2D eigenvalue weighted by molar-refractivity contribution is 0.148. The van der Waals surface area contributed by atoms with Crippen LogP contribution in [0.3, 0.4) is 0 Å². The molecule has 1 aliphatic heterocycles. The molecule has 3 rings (SSSR count). The average molecular weight is 316 g/mol. The number of ether oxygens (including phenoxy) is 1. The standard InChI is InChI=1S/C17H24N4O2/c1-13-19-16(20-23-13)11-22-15-6-4-14(5-7-15)10-21-9-8-18-17(2,3)12-21/h4-7,18H,8-12H2,1-3H3. The third-order valence-corrected chi connectivity index (χ3v) is 3.92. The molecule has 1 aliphatic rings. The monoisotopic (exact) mass is 316 g/mol. The molecule has 1 aromatic carbocycles. The lowest BCUT2D eigenvalue weighted by Crippen LogP contribution is -2.56. The molecule has 0 aliphatic carbocycles. The van der Waals surface area contributed by atoms with Gasteiger partial charge in [0.1, 0.15) is 5.75 Å². The highest BCUT2D eigenvalue weighted by Crippen LogP contribution is 2.17. The van der Waals surface area contributed by atoms with Crippen LogP contribution in [0.1, 0.15) is 31.1 Å². The molecule has 1 N–H and O–H groups in total. The smallest absolute Gasteiger partial charge is 0.223 e. The van der Waals surface area contributed by atoms with Crippen LogP contribution in [-0.4, -0.2) is 40.2 Å². The van der Waals surface area contributed by atoms with Crippen molar-refractivity contribution in [3.63, 3.8) is 0 Å². The zero-order valence-electron chi connectivity index (χ0n) is 14.0. The molecule has 2 aromatic rings. The van der Waals surface area contributed by atoms with Gasteiger partial charge in [0.2, 0.25) is 11.7 Å². The van der Waals surface area contributed by atoms with Crippen LogP contribution in [0.25, 0.3) is 0 Å². The summed E-state index contributed by atoms with van der Waals surface area (Å²) < 4.78 is 10.6. The molecule has 1 fully saturated rings. The van der Waals surface area contributed by atoms with Crippen LogP contribution in [0.4, 0.5) is 0 Å². The summed E-state index contributed by atoms with van der Waals surface area (Å²) in [6.45, 7) is 10.7. The minimum atomic E-state index is 0.185. The number of piperazine rings is 1. The molecule has 6 heteroatoms. The largest absolute Gasteiger partial charge is 0.485 e. The topological polar surface area (TPSA) is 63.4 Å².